The van der Waals surface area contributed by atoms with E-state index in [-0.39, 0.29) is 5.82 Å². The third-order valence-electron chi connectivity index (χ3n) is 6.02. The summed E-state index contributed by atoms with van der Waals surface area (Å²) in [4.78, 5) is 0. The minimum atomic E-state index is -0.132. The third-order valence-corrected chi connectivity index (χ3v) is 6.19. The molecule has 3 rings (SSSR count). The standard InChI is InChI=1S/C21H28ClFO/c22-14-1-15-24-21-12-8-19(9-13-21)17-4-2-16(3-5-17)18-6-10-20(23)11-7-18/h1,6-7,10-11,14,16-17,19,21H,2-5,8-9,12-13,15H2/b14-1+. The lowest BCUT2D eigenvalue weighted by atomic mass is 9.69. The lowest BCUT2D eigenvalue weighted by molar-refractivity contribution is 0.0223. The summed E-state index contributed by atoms with van der Waals surface area (Å²) in [6.45, 7) is 0.640. The summed E-state index contributed by atoms with van der Waals surface area (Å²) in [6.07, 6.45) is 12.5. The molecule has 0 amide bonds. The van der Waals surface area contributed by atoms with E-state index in [0.717, 1.165) is 11.8 Å². The Bertz CT molecular complexity index is 511. The number of benzene rings is 1. The number of rotatable bonds is 5. The molecule has 2 saturated carbocycles. The summed E-state index contributed by atoms with van der Waals surface area (Å²) >= 11 is 5.53. The van der Waals surface area contributed by atoms with Gasteiger partial charge in [0, 0.05) is 5.54 Å². The van der Waals surface area contributed by atoms with Crippen molar-refractivity contribution >= 4 is 11.6 Å². The van der Waals surface area contributed by atoms with Crippen LogP contribution in [0.15, 0.2) is 35.9 Å². The summed E-state index contributed by atoms with van der Waals surface area (Å²) in [7, 11) is 0. The van der Waals surface area contributed by atoms with E-state index in [1.165, 1.54) is 62.5 Å². The molecule has 0 unspecified atom stereocenters. The highest BCUT2D eigenvalue weighted by Crippen LogP contribution is 2.43. The minimum absolute atomic E-state index is 0.132. The molecule has 0 atom stereocenters. The maximum atomic E-state index is 13.1. The second-order valence-electron chi connectivity index (χ2n) is 7.40. The second kappa shape index (κ2) is 9.01. The highest BCUT2D eigenvalue weighted by Gasteiger charge is 2.31. The molecule has 1 aromatic carbocycles. The van der Waals surface area contributed by atoms with Gasteiger partial charge in [-0.2, -0.15) is 0 Å². The average Bonchev–Trinajstić information content (AvgIpc) is 2.63. The molecule has 3 heteroatoms. The Labute approximate surface area is 150 Å². The van der Waals surface area contributed by atoms with Gasteiger partial charge < -0.3 is 4.74 Å². The van der Waals surface area contributed by atoms with E-state index in [9.17, 15) is 4.39 Å². The number of hydrogen-bond donors (Lipinski definition) is 0. The van der Waals surface area contributed by atoms with E-state index in [1.54, 1.807) is 12.1 Å². The summed E-state index contributed by atoms with van der Waals surface area (Å²) in [6, 6.07) is 7.14. The number of hydrogen-bond acceptors (Lipinski definition) is 1. The van der Waals surface area contributed by atoms with E-state index >= 15 is 0 Å². The fraction of sp³-hybridized carbons (Fsp3) is 0.619. The maximum Gasteiger partial charge on any atom is 0.123 e. The molecule has 0 radical (unpaired) electrons. The Hall–Kier alpha value is -0.860. The van der Waals surface area contributed by atoms with Crippen LogP contribution < -0.4 is 0 Å². The highest BCUT2D eigenvalue weighted by molar-refractivity contribution is 6.25. The fourth-order valence-electron chi connectivity index (χ4n) is 4.61. The van der Waals surface area contributed by atoms with Crippen molar-refractivity contribution in [2.75, 3.05) is 6.61 Å². The summed E-state index contributed by atoms with van der Waals surface area (Å²) in [5, 5.41) is 0. The Morgan fingerprint density at radius 1 is 0.917 bits per heavy atom. The van der Waals surface area contributed by atoms with E-state index < -0.39 is 0 Å². The van der Waals surface area contributed by atoms with Crippen LogP contribution in [0, 0.1) is 17.7 Å². The first-order chi connectivity index (χ1) is 11.8. The van der Waals surface area contributed by atoms with Gasteiger partial charge >= 0.3 is 0 Å². The molecule has 2 aliphatic rings. The SMILES string of the molecule is Fc1ccc(C2CCC(C3CCC(OC/C=C/Cl)CC3)CC2)cc1. The average molecular weight is 351 g/mol. The minimum Gasteiger partial charge on any atom is -0.374 e. The third kappa shape index (κ3) is 4.83. The van der Waals surface area contributed by atoms with Gasteiger partial charge in [-0.15, -0.1) is 0 Å². The van der Waals surface area contributed by atoms with Crippen molar-refractivity contribution in [3.63, 3.8) is 0 Å². The van der Waals surface area contributed by atoms with Crippen LogP contribution in [0.3, 0.4) is 0 Å². The van der Waals surface area contributed by atoms with Gasteiger partial charge in [0.25, 0.3) is 0 Å². The quantitative estimate of drug-likeness (QED) is 0.594. The smallest absolute Gasteiger partial charge is 0.123 e. The first-order valence-corrected chi connectivity index (χ1v) is 9.82. The Morgan fingerprint density at radius 3 is 2.08 bits per heavy atom. The van der Waals surface area contributed by atoms with Gasteiger partial charge in [-0.05, 0) is 92.9 Å². The van der Waals surface area contributed by atoms with Gasteiger partial charge in [0.1, 0.15) is 5.82 Å². The molecule has 1 nitrogen and oxygen atoms in total. The van der Waals surface area contributed by atoms with Gasteiger partial charge in [-0.25, -0.2) is 4.39 Å². The number of halogens is 2. The van der Waals surface area contributed by atoms with Crippen LogP contribution in [0.2, 0.25) is 0 Å². The van der Waals surface area contributed by atoms with Gasteiger partial charge in [0.05, 0.1) is 12.7 Å². The predicted octanol–water partition coefficient (Wildman–Crippen LogP) is 6.43. The van der Waals surface area contributed by atoms with Gasteiger partial charge in [-0.1, -0.05) is 23.7 Å². The zero-order chi connectivity index (χ0) is 16.8. The van der Waals surface area contributed by atoms with E-state index in [1.807, 2.05) is 18.2 Å². The van der Waals surface area contributed by atoms with E-state index in [0.29, 0.717) is 18.6 Å². The molecule has 2 aliphatic carbocycles. The second-order valence-corrected chi connectivity index (χ2v) is 7.65. The molecule has 24 heavy (non-hydrogen) atoms. The molecule has 2 fully saturated rings. The first kappa shape index (κ1) is 17.9. The lowest BCUT2D eigenvalue weighted by Gasteiger charge is -2.37. The van der Waals surface area contributed by atoms with E-state index in [4.69, 9.17) is 16.3 Å². The maximum absolute atomic E-state index is 13.1. The normalized spacial score (nSPS) is 31.4. The van der Waals surface area contributed by atoms with Crippen molar-refractivity contribution in [3.05, 3.63) is 47.3 Å². The largest absolute Gasteiger partial charge is 0.374 e. The summed E-state index contributed by atoms with van der Waals surface area (Å²) in [5.74, 6) is 2.25. The van der Waals surface area contributed by atoms with Gasteiger partial charge in [-0.3, -0.25) is 0 Å². The summed E-state index contributed by atoms with van der Waals surface area (Å²) in [5.41, 5.74) is 2.85. The molecule has 0 heterocycles. The molecule has 1 aromatic rings. The van der Waals surface area contributed by atoms with Gasteiger partial charge in [0.15, 0.2) is 0 Å². The summed E-state index contributed by atoms with van der Waals surface area (Å²) < 4.78 is 18.9. The molecule has 0 N–H and O–H groups in total. The molecular weight excluding hydrogens is 323 g/mol. The molecule has 0 spiro atoms. The highest BCUT2D eigenvalue weighted by atomic mass is 35.5. The molecule has 132 valence electrons. The van der Waals surface area contributed by atoms with Crippen molar-refractivity contribution < 1.29 is 9.13 Å². The van der Waals surface area contributed by atoms with E-state index in [2.05, 4.69) is 0 Å². The Kier molecular flexibility index (Phi) is 6.74. The molecule has 0 aliphatic heterocycles. The van der Waals surface area contributed by atoms with Crippen molar-refractivity contribution in [1.29, 1.82) is 0 Å². The number of ether oxygens (including phenoxy) is 1. The van der Waals surface area contributed by atoms with Crippen molar-refractivity contribution in [1.82, 2.24) is 0 Å². The Morgan fingerprint density at radius 2 is 1.50 bits per heavy atom. The molecular formula is C21H28ClFO. The first-order valence-electron chi connectivity index (χ1n) is 9.38. The van der Waals surface area contributed by atoms with Crippen LogP contribution in [0.4, 0.5) is 4.39 Å². The Balaban J connectivity index is 1.42. The predicted molar refractivity (Wildman–Crippen MR) is 97.8 cm³/mol. The van der Waals surface area contributed by atoms with Crippen LogP contribution in [-0.4, -0.2) is 12.7 Å². The van der Waals surface area contributed by atoms with Gasteiger partial charge in [0.2, 0.25) is 0 Å². The van der Waals surface area contributed by atoms with Crippen molar-refractivity contribution in [2.45, 2.75) is 63.4 Å². The fourth-order valence-corrected chi connectivity index (χ4v) is 4.69. The zero-order valence-corrected chi connectivity index (χ0v) is 15.1. The molecule has 0 bridgehead atoms. The van der Waals surface area contributed by atoms with Crippen molar-refractivity contribution in [2.24, 2.45) is 11.8 Å². The lowest BCUT2D eigenvalue weighted by Crippen LogP contribution is -2.28. The monoisotopic (exact) mass is 350 g/mol. The van der Waals surface area contributed by atoms with Crippen molar-refractivity contribution in [3.8, 4) is 0 Å². The van der Waals surface area contributed by atoms with Crippen LogP contribution in [0.1, 0.15) is 62.8 Å². The molecule has 0 aromatic heterocycles. The molecule has 0 saturated heterocycles. The van der Waals surface area contributed by atoms with Crippen LogP contribution in [0.25, 0.3) is 0 Å². The van der Waals surface area contributed by atoms with Crippen LogP contribution >= 0.6 is 11.6 Å². The topological polar surface area (TPSA) is 9.23 Å². The van der Waals surface area contributed by atoms with Crippen LogP contribution in [0.5, 0.6) is 0 Å². The zero-order valence-electron chi connectivity index (χ0n) is 14.3. The van der Waals surface area contributed by atoms with Crippen LogP contribution in [-0.2, 0) is 4.74 Å².